The average molecular weight is 443 g/mol. The minimum absolute atomic E-state index is 0.0972. The molecule has 1 atom stereocenters. The van der Waals surface area contributed by atoms with Gasteiger partial charge in [0.1, 0.15) is 11.5 Å². The van der Waals surface area contributed by atoms with Crippen LogP contribution < -0.4 is 10.6 Å². The molecule has 4 heteroatoms. The molecular formula is C29H34N2O2. The summed E-state index contributed by atoms with van der Waals surface area (Å²) in [6, 6.07) is 28.6. The van der Waals surface area contributed by atoms with Crippen LogP contribution in [-0.2, 0) is 14.9 Å². The number of para-hydroxylation sites is 1. The number of carbonyl (C=O) groups is 1. The van der Waals surface area contributed by atoms with Gasteiger partial charge < -0.3 is 15.4 Å². The second kappa shape index (κ2) is 10.7. The van der Waals surface area contributed by atoms with E-state index in [0.29, 0.717) is 12.3 Å². The zero-order valence-electron chi connectivity index (χ0n) is 19.6. The van der Waals surface area contributed by atoms with Crippen LogP contribution in [0.25, 0.3) is 0 Å². The topological polar surface area (TPSA) is 50.4 Å². The summed E-state index contributed by atoms with van der Waals surface area (Å²) in [5.74, 6) is 0.352. The van der Waals surface area contributed by atoms with Crippen molar-refractivity contribution in [3.63, 3.8) is 0 Å². The van der Waals surface area contributed by atoms with Gasteiger partial charge in [-0.2, -0.15) is 0 Å². The Morgan fingerprint density at radius 1 is 0.848 bits per heavy atom. The number of ether oxygens (including phenoxy) is 1. The first-order valence-electron chi connectivity index (χ1n) is 12.0. The number of anilines is 1. The summed E-state index contributed by atoms with van der Waals surface area (Å²) in [6.45, 7) is 6.95. The summed E-state index contributed by atoms with van der Waals surface area (Å²) in [5, 5.41) is 7.04. The number of cyclic esters (lactones) is 1. The largest absolute Gasteiger partial charge is 0.461 e. The molecule has 172 valence electrons. The molecule has 4 nitrogen and oxygen atoms in total. The second-order valence-electron chi connectivity index (χ2n) is 9.08. The number of nitrogens with one attached hydrogen (secondary N) is 2. The van der Waals surface area contributed by atoms with Crippen LogP contribution in [0.5, 0.6) is 0 Å². The lowest BCUT2D eigenvalue weighted by Gasteiger charge is -2.26. The van der Waals surface area contributed by atoms with Gasteiger partial charge in [0.2, 0.25) is 0 Å². The molecule has 2 N–H and O–H groups in total. The predicted molar refractivity (Wildman–Crippen MR) is 135 cm³/mol. The molecule has 1 aliphatic rings. The van der Waals surface area contributed by atoms with Crippen LogP contribution in [0.2, 0.25) is 0 Å². The van der Waals surface area contributed by atoms with Crippen molar-refractivity contribution < 1.29 is 9.53 Å². The Kier molecular flexibility index (Phi) is 7.46. The number of hydrogen-bond acceptors (Lipinski definition) is 4. The van der Waals surface area contributed by atoms with E-state index >= 15 is 0 Å². The maximum Gasteiger partial charge on any atom is 0.321 e. The van der Waals surface area contributed by atoms with Crippen LogP contribution in [0, 0.1) is 0 Å². The molecule has 0 amide bonds. The fourth-order valence-corrected chi connectivity index (χ4v) is 4.80. The van der Waals surface area contributed by atoms with E-state index in [1.165, 1.54) is 11.3 Å². The minimum atomic E-state index is -0.727. The lowest BCUT2D eigenvalue weighted by molar-refractivity contribution is -0.144. The number of esters is 1. The highest BCUT2D eigenvalue weighted by molar-refractivity contribution is 5.89. The number of benzene rings is 3. The van der Waals surface area contributed by atoms with Crippen molar-refractivity contribution >= 4 is 11.7 Å². The molecule has 0 unspecified atom stereocenters. The van der Waals surface area contributed by atoms with Gasteiger partial charge >= 0.3 is 5.97 Å². The van der Waals surface area contributed by atoms with Crippen LogP contribution in [0.1, 0.15) is 49.3 Å². The Bertz CT molecular complexity index is 994. The van der Waals surface area contributed by atoms with Crippen molar-refractivity contribution in [2.45, 2.75) is 44.1 Å². The molecule has 3 aromatic rings. The molecule has 1 saturated heterocycles. The second-order valence-corrected chi connectivity index (χ2v) is 9.08. The van der Waals surface area contributed by atoms with Gasteiger partial charge in [0.25, 0.3) is 0 Å². The molecule has 3 aromatic carbocycles. The van der Waals surface area contributed by atoms with E-state index in [1.54, 1.807) is 0 Å². The van der Waals surface area contributed by atoms with Crippen LogP contribution in [0.4, 0.5) is 5.69 Å². The maximum atomic E-state index is 13.2. The zero-order valence-corrected chi connectivity index (χ0v) is 19.6. The molecule has 1 fully saturated rings. The Hall–Kier alpha value is -3.11. The molecule has 0 saturated carbocycles. The van der Waals surface area contributed by atoms with Crippen LogP contribution in [0.3, 0.4) is 0 Å². The fourth-order valence-electron chi connectivity index (χ4n) is 4.80. The number of carbonyl (C=O) groups excluding carboxylic acids is 1. The number of hydrogen-bond donors (Lipinski definition) is 2. The summed E-state index contributed by atoms with van der Waals surface area (Å²) in [5.41, 5.74) is 3.83. The van der Waals surface area contributed by atoms with Crippen LogP contribution >= 0.6 is 0 Å². The summed E-state index contributed by atoms with van der Waals surface area (Å²) < 4.78 is 5.91. The monoisotopic (exact) mass is 442 g/mol. The third-order valence-electron chi connectivity index (χ3n) is 6.53. The van der Waals surface area contributed by atoms with Gasteiger partial charge in [-0.15, -0.1) is 0 Å². The smallest absolute Gasteiger partial charge is 0.321 e. The quantitative estimate of drug-likeness (QED) is 0.321. The molecule has 4 rings (SSSR count). The third-order valence-corrected chi connectivity index (χ3v) is 6.53. The van der Waals surface area contributed by atoms with Gasteiger partial charge in [0, 0.05) is 25.2 Å². The van der Waals surface area contributed by atoms with Crippen molar-refractivity contribution in [3.8, 4) is 0 Å². The lowest BCUT2D eigenvalue weighted by atomic mass is 9.72. The van der Waals surface area contributed by atoms with Crippen molar-refractivity contribution in [2.24, 2.45) is 0 Å². The fraction of sp³-hybridized carbons (Fsp3) is 0.345. The molecule has 0 aromatic heterocycles. The Labute approximate surface area is 197 Å². The summed E-state index contributed by atoms with van der Waals surface area (Å²) in [6.07, 6.45) is 1.37. The van der Waals surface area contributed by atoms with E-state index < -0.39 is 5.41 Å². The normalized spacial score (nSPS) is 17.2. The average Bonchev–Trinajstić information content (AvgIpc) is 3.19. The van der Waals surface area contributed by atoms with Crippen molar-refractivity contribution in [1.82, 2.24) is 5.32 Å². The zero-order chi connectivity index (χ0) is 23.1. The maximum absolute atomic E-state index is 13.2. The molecule has 0 aliphatic carbocycles. The molecule has 33 heavy (non-hydrogen) atoms. The first kappa shape index (κ1) is 23.1. The summed E-state index contributed by atoms with van der Waals surface area (Å²) in [7, 11) is 0. The third kappa shape index (κ3) is 5.12. The van der Waals surface area contributed by atoms with E-state index in [1.807, 2.05) is 60.7 Å². The highest BCUT2D eigenvalue weighted by atomic mass is 16.6. The van der Waals surface area contributed by atoms with E-state index in [9.17, 15) is 4.79 Å². The summed E-state index contributed by atoms with van der Waals surface area (Å²) in [4.78, 5) is 13.2. The van der Waals surface area contributed by atoms with Crippen molar-refractivity contribution in [3.05, 3.63) is 102 Å². The van der Waals surface area contributed by atoms with Crippen LogP contribution in [0.15, 0.2) is 84.9 Å². The van der Waals surface area contributed by atoms with Crippen molar-refractivity contribution in [1.29, 1.82) is 0 Å². The van der Waals surface area contributed by atoms with Crippen LogP contribution in [-0.4, -0.2) is 31.7 Å². The SMILES string of the molecule is CC(C)c1ccccc1NCCNCC[C@H]1CC(c2ccccc2)(c2ccccc2)C(=O)O1. The molecule has 1 heterocycles. The molecule has 1 aliphatic heterocycles. The highest BCUT2D eigenvalue weighted by Crippen LogP contribution is 2.44. The Balaban J connectivity index is 1.32. The Morgan fingerprint density at radius 2 is 1.45 bits per heavy atom. The predicted octanol–water partition coefficient (Wildman–Crippen LogP) is 5.50. The lowest BCUT2D eigenvalue weighted by Crippen LogP contribution is -2.33. The van der Waals surface area contributed by atoms with E-state index in [0.717, 1.165) is 37.2 Å². The van der Waals surface area contributed by atoms with E-state index in [4.69, 9.17) is 4.74 Å². The van der Waals surface area contributed by atoms with Gasteiger partial charge in [-0.3, -0.25) is 4.79 Å². The summed E-state index contributed by atoms with van der Waals surface area (Å²) >= 11 is 0. The molecule has 0 bridgehead atoms. The van der Waals surface area contributed by atoms with Gasteiger partial charge in [-0.25, -0.2) is 0 Å². The Morgan fingerprint density at radius 3 is 2.09 bits per heavy atom. The van der Waals surface area contributed by atoms with Gasteiger partial charge in [0.15, 0.2) is 0 Å². The minimum Gasteiger partial charge on any atom is -0.461 e. The molecule has 0 spiro atoms. The molecular weight excluding hydrogens is 408 g/mol. The highest BCUT2D eigenvalue weighted by Gasteiger charge is 2.51. The first-order chi connectivity index (χ1) is 16.1. The van der Waals surface area contributed by atoms with Gasteiger partial charge in [-0.05, 0) is 41.6 Å². The number of rotatable bonds is 10. The van der Waals surface area contributed by atoms with E-state index in [-0.39, 0.29) is 12.1 Å². The molecule has 0 radical (unpaired) electrons. The van der Waals surface area contributed by atoms with E-state index in [2.05, 4.69) is 48.7 Å². The first-order valence-corrected chi connectivity index (χ1v) is 12.0. The standard InChI is InChI=1S/C29H34N2O2/c1-22(2)26-15-9-10-16-27(26)31-20-19-30-18-17-25-21-29(28(32)33-25,23-11-5-3-6-12-23)24-13-7-4-8-14-24/h3-16,22,25,30-31H,17-21H2,1-2H3/t25-/m0/s1. The van der Waals surface area contributed by atoms with Gasteiger partial charge in [0.05, 0.1) is 0 Å². The van der Waals surface area contributed by atoms with Crippen molar-refractivity contribution in [2.75, 3.05) is 25.0 Å². The van der Waals surface area contributed by atoms with Gasteiger partial charge in [-0.1, -0.05) is 92.7 Å².